The number of benzene rings is 1. The summed E-state index contributed by atoms with van der Waals surface area (Å²) in [5, 5.41) is 0. The average molecular weight is 322 g/mol. The fraction of sp³-hybridized carbons (Fsp3) is 0.214. The standard InChI is InChI=1S/C14H18N4O3S/c1-17(2)22(19,20)18-8-14(16-10-18)13(9-21-3)11-5-4-6-12(15)7-11/h4-10H,15H2,1-3H3/b13-9-. The fourth-order valence-electron chi connectivity index (χ4n) is 1.86. The van der Waals surface area contributed by atoms with Crippen molar-refractivity contribution in [1.82, 2.24) is 13.3 Å². The summed E-state index contributed by atoms with van der Waals surface area (Å²) in [6.07, 6.45) is 4.19. The van der Waals surface area contributed by atoms with Gasteiger partial charge < -0.3 is 10.5 Å². The SMILES string of the molecule is CO/C=C(/c1cccc(N)c1)c1cn(S(=O)(=O)N(C)C)cn1. The van der Waals surface area contributed by atoms with Crippen molar-refractivity contribution in [2.75, 3.05) is 26.9 Å². The molecule has 1 aromatic heterocycles. The topological polar surface area (TPSA) is 90.4 Å². The second kappa shape index (κ2) is 6.20. The Morgan fingerprint density at radius 2 is 2.14 bits per heavy atom. The molecule has 1 heterocycles. The molecular formula is C14H18N4O3S. The largest absolute Gasteiger partial charge is 0.504 e. The first-order valence-electron chi connectivity index (χ1n) is 6.42. The van der Waals surface area contributed by atoms with Crippen molar-refractivity contribution in [2.24, 2.45) is 0 Å². The number of aromatic nitrogens is 2. The molecule has 2 N–H and O–H groups in total. The first-order chi connectivity index (χ1) is 10.4. The van der Waals surface area contributed by atoms with Gasteiger partial charge in [-0.05, 0) is 17.7 Å². The van der Waals surface area contributed by atoms with E-state index in [1.165, 1.54) is 40.0 Å². The van der Waals surface area contributed by atoms with Gasteiger partial charge in [-0.25, -0.2) is 8.96 Å². The lowest BCUT2D eigenvalue weighted by Gasteiger charge is -2.11. The zero-order valence-corrected chi connectivity index (χ0v) is 13.4. The molecule has 0 bridgehead atoms. The number of hydrogen-bond donors (Lipinski definition) is 1. The third kappa shape index (κ3) is 3.12. The highest BCUT2D eigenvalue weighted by atomic mass is 32.2. The minimum atomic E-state index is -3.60. The lowest BCUT2D eigenvalue weighted by molar-refractivity contribution is 0.340. The number of anilines is 1. The molecule has 22 heavy (non-hydrogen) atoms. The van der Waals surface area contributed by atoms with Crippen LogP contribution in [0.1, 0.15) is 11.3 Å². The van der Waals surface area contributed by atoms with Gasteiger partial charge in [0.2, 0.25) is 0 Å². The van der Waals surface area contributed by atoms with Crippen molar-refractivity contribution in [2.45, 2.75) is 0 Å². The summed E-state index contributed by atoms with van der Waals surface area (Å²) in [7, 11) is 0.828. The van der Waals surface area contributed by atoms with Crippen molar-refractivity contribution >= 4 is 21.5 Å². The first kappa shape index (κ1) is 16.1. The van der Waals surface area contributed by atoms with E-state index in [9.17, 15) is 8.42 Å². The Bertz CT molecular complexity index is 794. The van der Waals surface area contributed by atoms with E-state index in [0.717, 1.165) is 13.8 Å². The summed E-state index contributed by atoms with van der Waals surface area (Å²) < 4.78 is 31.4. The van der Waals surface area contributed by atoms with E-state index in [1.54, 1.807) is 12.1 Å². The molecule has 0 radical (unpaired) electrons. The van der Waals surface area contributed by atoms with Crippen LogP contribution in [0.4, 0.5) is 5.69 Å². The van der Waals surface area contributed by atoms with Gasteiger partial charge in [-0.15, -0.1) is 0 Å². The van der Waals surface area contributed by atoms with Crippen LogP contribution in [0.5, 0.6) is 0 Å². The molecule has 0 saturated heterocycles. The Hall–Kier alpha value is -2.32. The second-order valence-corrected chi connectivity index (χ2v) is 6.82. The molecule has 2 rings (SSSR count). The van der Waals surface area contributed by atoms with Gasteiger partial charge >= 0.3 is 10.2 Å². The van der Waals surface area contributed by atoms with Crippen LogP contribution in [0.2, 0.25) is 0 Å². The van der Waals surface area contributed by atoms with Crippen molar-refractivity contribution in [3.63, 3.8) is 0 Å². The molecular weight excluding hydrogens is 304 g/mol. The van der Waals surface area contributed by atoms with Crippen LogP contribution in [0.15, 0.2) is 43.1 Å². The summed E-state index contributed by atoms with van der Waals surface area (Å²) in [5.41, 5.74) is 8.28. The third-order valence-electron chi connectivity index (χ3n) is 3.00. The lowest BCUT2D eigenvalue weighted by Crippen LogP contribution is -2.27. The van der Waals surface area contributed by atoms with Gasteiger partial charge in [0.25, 0.3) is 0 Å². The van der Waals surface area contributed by atoms with Gasteiger partial charge in [0, 0.05) is 31.6 Å². The van der Waals surface area contributed by atoms with Gasteiger partial charge in [-0.3, -0.25) is 0 Å². The highest BCUT2D eigenvalue weighted by Gasteiger charge is 2.18. The van der Waals surface area contributed by atoms with E-state index in [1.807, 2.05) is 12.1 Å². The lowest BCUT2D eigenvalue weighted by atomic mass is 10.0. The summed E-state index contributed by atoms with van der Waals surface area (Å²) in [4.78, 5) is 4.16. The van der Waals surface area contributed by atoms with Crippen LogP contribution in [0.3, 0.4) is 0 Å². The molecule has 2 aromatic rings. The molecule has 0 amide bonds. The van der Waals surface area contributed by atoms with Crippen LogP contribution in [0.25, 0.3) is 5.57 Å². The van der Waals surface area contributed by atoms with Gasteiger partial charge in [0.1, 0.15) is 6.33 Å². The van der Waals surface area contributed by atoms with E-state index < -0.39 is 10.2 Å². The number of methoxy groups -OCH3 is 1. The number of nitrogens with two attached hydrogens (primary N) is 1. The monoisotopic (exact) mass is 322 g/mol. The fourth-order valence-corrected chi connectivity index (χ4v) is 2.64. The number of nitrogens with zero attached hydrogens (tertiary/aromatic N) is 3. The Balaban J connectivity index is 2.49. The van der Waals surface area contributed by atoms with Gasteiger partial charge in [0.05, 0.1) is 19.1 Å². The van der Waals surface area contributed by atoms with E-state index in [4.69, 9.17) is 10.5 Å². The molecule has 0 aliphatic carbocycles. The molecule has 0 aliphatic heterocycles. The normalized spacial score (nSPS) is 12.6. The Morgan fingerprint density at radius 1 is 1.41 bits per heavy atom. The van der Waals surface area contributed by atoms with Crippen molar-refractivity contribution < 1.29 is 13.2 Å². The van der Waals surface area contributed by atoms with E-state index >= 15 is 0 Å². The Labute approximate surface area is 129 Å². The maximum absolute atomic E-state index is 12.1. The van der Waals surface area contributed by atoms with Crippen LogP contribution < -0.4 is 5.73 Å². The maximum Gasteiger partial charge on any atom is 0.308 e. The van der Waals surface area contributed by atoms with Crippen LogP contribution in [-0.4, -0.2) is 42.9 Å². The molecule has 8 heteroatoms. The van der Waals surface area contributed by atoms with Gasteiger partial charge in [-0.2, -0.15) is 12.7 Å². The Morgan fingerprint density at radius 3 is 2.73 bits per heavy atom. The molecule has 0 aliphatic rings. The average Bonchev–Trinajstić information content (AvgIpc) is 2.94. The van der Waals surface area contributed by atoms with Crippen LogP contribution in [0, 0.1) is 0 Å². The summed E-state index contributed by atoms with van der Waals surface area (Å²) in [6.45, 7) is 0. The van der Waals surface area contributed by atoms with E-state index in [2.05, 4.69) is 4.98 Å². The zero-order chi connectivity index (χ0) is 16.3. The molecule has 118 valence electrons. The number of nitrogen functional groups attached to an aromatic ring is 1. The van der Waals surface area contributed by atoms with Crippen molar-refractivity contribution in [3.05, 3.63) is 54.3 Å². The van der Waals surface area contributed by atoms with Crippen molar-refractivity contribution in [3.8, 4) is 0 Å². The van der Waals surface area contributed by atoms with Gasteiger partial charge in [-0.1, -0.05) is 12.1 Å². The summed E-state index contributed by atoms with van der Waals surface area (Å²) in [5.74, 6) is 0. The van der Waals surface area contributed by atoms with Gasteiger partial charge in [0.15, 0.2) is 0 Å². The summed E-state index contributed by atoms with van der Waals surface area (Å²) >= 11 is 0. The van der Waals surface area contributed by atoms with E-state index in [-0.39, 0.29) is 0 Å². The minimum absolute atomic E-state index is 0.470. The molecule has 0 spiro atoms. The highest BCUT2D eigenvalue weighted by Crippen LogP contribution is 2.24. The molecule has 1 aromatic carbocycles. The quantitative estimate of drug-likeness (QED) is 0.659. The molecule has 0 fully saturated rings. The number of ether oxygens (including phenoxy) is 1. The first-order valence-corrected chi connectivity index (χ1v) is 7.82. The predicted molar refractivity (Wildman–Crippen MR) is 85.2 cm³/mol. The molecule has 7 nitrogen and oxygen atoms in total. The number of imidazole rings is 1. The molecule has 0 saturated carbocycles. The smallest absolute Gasteiger partial charge is 0.308 e. The van der Waals surface area contributed by atoms with Crippen molar-refractivity contribution in [1.29, 1.82) is 0 Å². The molecule has 0 atom stereocenters. The third-order valence-corrected chi connectivity index (χ3v) is 4.65. The Kier molecular flexibility index (Phi) is 4.53. The molecule has 0 unspecified atom stereocenters. The number of hydrogen-bond acceptors (Lipinski definition) is 5. The zero-order valence-electron chi connectivity index (χ0n) is 12.6. The number of rotatable bonds is 5. The summed E-state index contributed by atoms with van der Waals surface area (Å²) in [6, 6.07) is 7.19. The van der Waals surface area contributed by atoms with Crippen LogP contribution >= 0.6 is 0 Å². The maximum atomic E-state index is 12.1. The second-order valence-electron chi connectivity index (χ2n) is 4.77. The highest BCUT2D eigenvalue weighted by molar-refractivity contribution is 7.87. The van der Waals surface area contributed by atoms with Crippen LogP contribution in [-0.2, 0) is 14.9 Å². The van der Waals surface area contributed by atoms with E-state index in [0.29, 0.717) is 17.0 Å². The minimum Gasteiger partial charge on any atom is -0.504 e. The predicted octanol–water partition coefficient (Wildman–Crippen LogP) is 1.16.